The van der Waals surface area contributed by atoms with Gasteiger partial charge in [0, 0.05) is 51.0 Å². The van der Waals surface area contributed by atoms with Crippen molar-refractivity contribution in [3.05, 3.63) is 29.8 Å². The fourth-order valence-electron chi connectivity index (χ4n) is 3.03. The quantitative estimate of drug-likeness (QED) is 0.892. The Hall–Kier alpha value is -1.06. The monoisotopic (exact) mass is 259 g/mol. The second-order valence-electron chi connectivity index (χ2n) is 5.71. The third-order valence-electron chi connectivity index (χ3n) is 4.52. The summed E-state index contributed by atoms with van der Waals surface area (Å²) < 4.78 is 0. The van der Waals surface area contributed by atoms with Crippen LogP contribution in [-0.4, -0.2) is 50.2 Å². The van der Waals surface area contributed by atoms with E-state index in [1.54, 1.807) is 0 Å². The summed E-state index contributed by atoms with van der Waals surface area (Å²) in [5.41, 5.74) is 2.83. The first-order valence-corrected chi connectivity index (χ1v) is 7.65. The molecule has 0 atom stereocenters. The second-order valence-corrected chi connectivity index (χ2v) is 5.71. The highest BCUT2D eigenvalue weighted by Gasteiger charge is 2.26. The zero-order chi connectivity index (χ0) is 13.1. The molecule has 0 saturated carbocycles. The molecule has 0 spiro atoms. The van der Waals surface area contributed by atoms with Gasteiger partial charge in [0.1, 0.15) is 0 Å². The number of benzene rings is 1. The molecule has 0 amide bonds. The summed E-state index contributed by atoms with van der Waals surface area (Å²) in [4.78, 5) is 5.21. The van der Waals surface area contributed by atoms with Gasteiger partial charge in [-0.2, -0.15) is 0 Å². The summed E-state index contributed by atoms with van der Waals surface area (Å²) in [6.45, 7) is 9.42. The van der Waals surface area contributed by atoms with Crippen molar-refractivity contribution in [2.45, 2.75) is 25.8 Å². The lowest BCUT2D eigenvalue weighted by atomic mass is 10.1. The molecule has 0 bridgehead atoms. The molecular formula is C16H25N3. The SMILES string of the molecule is CCc1ccc(N2CCCN(C3CNC3)CC2)cc1. The van der Waals surface area contributed by atoms with Crippen LogP contribution in [0.25, 0.3) is 0 Å². The number of hydrogen-bond acceptors (Lipinski definition) is 3. The number of aryl methyl sites for hydroxylation is 1. The maximum atomic E-state index is 3.38. The van der Waals surface area contributed by atoms with Gasteiger partial charge in [0.25, 0.3) is 0 Å². The number of hydrogen-bond donors (Lipinski definition) is 1. The van der Waals surface area contributed by atoms with E-state index in [4.69, 9.17) is 0 Å². The minimum Gasteiger partial charge on any atom is -0.370 e. The first-order chi connectivity index (χ1) is 9.36. The lowest BCUT2D eigenvalue weighted by molar-refractivity contribution is 0.155. The van der Waals surface area contributed by atoms with E-state index in [9.17, 15) is 0 Å². The minimum absolute atomic E-state index is 0.794. The Morgan fingerprint density at radius 2 is 1.84 bits per heavy atom. The zero-order valence-electron chi connectivity index (χ0n) is 11.9. The first-order valence-electron chi connectivity index (χ1n) is 7.65. The van der Waals surface area contributed by atoms with E-state index in [0.717, 1.165) is 12.5 Å². The molecular weight excluding hydrogens is 234 g/mol. The highest BCUT2D eigenvalue weighted by Crippen LogP contribution is 2.19. The van der Waals surface area contributed by atoms with Crippen LogP contribution in [0, 0.1) is 0 Å². The molecule has 0 aromatic heterocycles. The Morgan fingerprint density at radius 1 is 1.05 bits per heavy atom. The predicted octanol–water partition coefficient (Wildman–Crippen LogP) is 1.73. The van der Waals surface area contributed by atoms with E-state index in [-0.39, 0.29) is 0 Å². The van der Waals surface area contributed by atoms with Crippen LogP contribution in [-0.2, 0) is 6.42 Å². The maximum absolute atomic E-state index is 3.38. The van der Waals surface area contributed by atoms with Crippen molar-refractivity contribution in [1.82, 2.24) is 10.2 Å². The molecule has 2 fully saturated rings. The van der Waals surface area contributed by atoms with Crippen LogP contribution in [0.4, 0.5) is 5.69 Å². The summed E-state index contributed by atoms with van der Waals surface area (Å²) in [7, 11) is 0. The maximum Gasteiger partial charge on any atom is 0.0366 e. The number of nitrogens with zero attached hydrogens (tertiary/aromatic N) is 2. The fraction of sp³-hybridized carbons (Fsp3) is 0.625. The second kappa shape index (κ2) is 5.93. The third kappa shape index (κ3) is 2.93. The fourth-order valence-corrected chi connectivity index (χ4v) is 3.03. The van der Waals surface area contributed by atoms with Gasteiger partial charge in [0.05, 0.1) is 0 Å². The molecule has 3 heteroatoms. The van der Waals surface area contributed by atoms with Gasteiger partial charge in [0.2, 0.25) is 0 Å². The zero-order valence-corrected chi connectivity index (χ0v) is 11.9. The summed E-state index contributed by atoms with van der Waals surface area (Å²) in [6.07, 6.45) is 2.41. The van der Waals surface area contributed by atoms with Gasteiger partial charge in [-0.15, -0.1) is 0 Å². The van der Waals surface area contributed by atoms with Crippen LogP contribution >= 0.6 is 0 Å². The van der Waals surface area contributed by atoms with Crippen molar-refractivity contribution in [2.24, 2.45) is 0 Å². The largest absolute Gasteiger partial charge is 0.370 e. The standard InChI is InChI=1S/C16H25N3/c1-2-14-4-6-15(7-5-14)18-8-3-9-19(11-10-18)16-12-17-13-16/h4-7,16-17H,2-3,8-13H2,1H3. The Balaban J connectivity index is 1.61. The molecule has 1 aromatic rings. The summed E-state index contributed by atoms with van der Waals surface area (Å²) in [5, 5.41) is 3.38. The number of nitrogens with one attached hydrogen (secondary N) is 1. The molecule has 2 aliphatic rings. The van der Waals surface area contributed by atoms with Gasteiger partial charge in [-0.3, -0.25) is 4.90 Å². The van der Waals surface area contributed by atoms with Gasteiger partial charge in [-0.1, -0.05) is 19.1 Å². The highest BCUT2D eigenvalue weighted by atomic mass is 15.3. The highest BCUT2D eigenvalue weighted by molar-refractivity contribution is 5.47. The predicted molar refractivity (Wildman–Crippen MR) is 80.9 cm³/mol. The van der Waals surface area contributed by atoms with Crippen LogP contribution < -0.4 is 10.2 Å². The summed E-state index contributed by atoms with van der Waals surface area (Å²) >= 11 is 0. The molecule has 3 nitrogen and oxygen atoms in total. The van der Waals surface area contributed by atoms with Gasteiger partial charge in [-0.25, -0.2) is 0 Å². The van der Waals surface area contributed by atoms with Crippen LogP contribution in [0.2, 0.25) is 0 Å². The molecule has 2 heterocycles. The van der Waals surface area contributed by atoms with Crippen molar-refractivity contribution in [3.63, 3.8) is 0 Å². The molecule has 0 unspecified atom stereocenters. The molecule has 2 aliphatic heterocycles. The smallest absolute Gasteiger partial charge is 0.0366 e. The Kier molecular flexibility index (Phi) is 4.04. The van der Waals surface area contributed by atoms with Crippen molar-refractivity contribution in [1.29, 1.82) is 0 Å². The minimum atomic E-state index is 0.794. The molecule has 1 N–H and O–H groups in total. The average Bonchev–Trinajstić information content (AvgIpc) is 2.63. The van der Waals surface area contributed by atoms with E-state index in [1.165, 1.54) is 56.9 Å². The molecule has 3 rings (SSSR count). The molecule has 104 valence electrons. The van der Waals surface area contributed by atoms with E-state index in [1.807, 2.05) is 0 Å². The van der Waals surface area contributed by atoms with Gasteiger partial charge in [-0.05, 0) is 30.5 Å². The van der Waals surface area contributed by atoms with Gasteiger partial charge < -0.3 is 10.2 Å². The molecule has 19 heavy (non-hydrogen) atoms. The Labute approximate surface area is 116 Å². The molecule has 2 saturated heterocycles. The normalized spacial score (nSPS) is 22.1. The van der Waals surface area contributed by atoms with E-state index in [0.29, 0.717) is 0 Å². The number of anilines is 1. The molecule has 1 aromatic carbocycles. The van der Waals surface area contributed by atoms with E-state index < -0.39 is 0 Å². The number of rotatable bonds is 3. The summed E-state index contributed by atoms with van der Waals surface area (Å²) in [5.74, 6) is 0. The molecule has 0 radical (unpaired) electrons. The van der Waals surface area contributed by atoms with E-state index in [2.05, 4.69) is 46.3 Å². The van der Waals surface area contributed by atoms with Gasteiger partial charge >= 0.3 is 0 Å². The van der Waals surface area contributed by atoms with E-state index >= 15 is 0 Å². The Bertz CT molecular complexity index is 397. The van der Waals surface area contributed by atoms with Crippen LogP contribution in [0.3, 0.4) is 0 Å². The van der Waals surface area contributed by atoms with Crippen molar-refractivity contribution < 1.29 is 0 Å². The van der Waals surface area contributed by atoms with Crippen molar-refractivity contribution in [3.8, 4) is 0 Å². The summed E-state index contributed by atoms with van der Waals surface area (Å²) in [6, 6.07) is 9.92. The first kappa shape index (κ1) is 12.9. The van der Waals surface area contributed by atoms with Crippen LogP contribution in [0.5, 0.6) is 0 Å². The third-order valence-corrected chi connectivity index (χ3v) is 4.52. The van der Waals surface area contributed by atoms with Crippen molar-refractivity contribution in [2.75, 3.05) is 44.2 Å². The topological polar surface area (TPSA) is 18.5 Å². The lowest BCUT2D eigenvalue weighted by Gasteiger charge is -2.37. The molecule has 0 aliphatic carbocycles. The van der Waals surface area contributed by atoms with Crippen LogP contribution in [0.15, 0.2) is 24.3 Å². The lowest BCUT2D eigenvalue weighted by Crippen LogP contribution is -2.57. The average molecular weight is 259 g/mol. The van der Waals surface area contributed by atoms with Gasteiger partial charge in [0.15, 0.2) is 0 Å². The Morgan fingerprint density at radius 3 is 2.47 bits per heavy atom. The van der Waals surface area contributed by atoms with Crippen molar-refractivity contribution >= 4 is 5.69 Å². The van der Waals surface area contributed by atoms with Crippen LogP contribution in [0.1, 0.15) is 18.9 Å².